The predicted molar refractivity (Wildman–Crippen MR) is 98.8 cm³/mol. The van der Waals surface area contributed by atoms with Gasteiger partial charge in [-0.25, -0.2) is 4.98 Å². The number of hydrogen-bond acceptors (Lipinski definition) is 5. The van der Waals surface area contributed by atoms with Crippen LogP contribution in [-0.2, 0) is 6.54 Å². The average Bonchev–Trinajstić information content (AvgIpc) is 2.69. The van der Waals surface area contributed by atoms with Crippen LogP contribution < -0.4 is 10.5 Å². The van der Waals surface area contributed by atoms with Crippen LogP contribution in [0.2, 0.25) is 0 Å². The molecule has 0 saturated carbocycles. The minimum absolute atomic E-state index is 0.245. The fourth-order valence-corrected chi connectivity index (χ4v) is 3.13. The maximum atomic E-state index is 13.0. The zero-order valence-corrected chi connectivity index (χ0v) is 14.5. The molecule has 26 heavy (non-hydrogen) atoms. The standard InChI is InChI=1S/C20H20N4O2/c21-13-16-7-2-3-8-18(16)15-24-19(26)17(9-6-12-25)14-22-20(24)23-10-4-1-5-11-23/h2-3,7-8,14,25H,1,4-5,10-12,15H2. The van der Waals surface area contributed by atoms with Crippen molar-refractivity contribution in [2.45, 2.75) is 25.8 Å². The number of piperidine rings is 1. The zero-order valence-electron chi connectivity index (χ0n) is 14.5. The van der Waals surface area contributed by atoms with Crippen LogP contribution in [0.1, 0.15) is 36.0 Å². The first-order valence-electron chi connectivity index (χ1n) is 8.67. The Labute approximate surface area is 152 Å². The Hall–Kier alpha value is -3.09. The fourth-order valence-electron chi connectivity index (χ4n) is 3.13. The van der Waals surface area contributed by atoms with Crippen LogP contribution in [0.25, 0.3) is 0 Å². The number of nitriles is 1. The van der Waals surface area contributed by atoms with E-state index in [1.54, 1.807) is 16.7 Å². The zero-order chi connectivity index (χ0) is 18.4. The van der Waals surface area contributed by atoms with E-state index in [0.29, 0.717) is 11.5 Å². The molecule has 0 spiro atoms. The third-order valence-electron chi connectivity index (χ3n) is 4.43. The van der Waals surface area contributed by atoms with Crippen LogP contribution in [0.15, 0.2) is 35.3 Å². The maximum absolute atomic E-state index is 13.0. The SMILES string of the molecule is N#Cc1ccccc1Cn1c(N2CCCCC2)ncc(C#CCO)c1=O. The largest absolute Gasteiger partial charge is 0.384 e. The molecule has 1 saturated heterocycles. The van der Waals surface area contributed by atoms with E-state index >= 15 is 0 Å². The smallest absolute Gasteiger partial charge is 0.270 e. The summed E-state index contributed by atoms with van der Waals surface area (Å²) in [5.74, 6) is 5.78. The Balaban J connectivity index is 2.09. The number of rotatable bonds is 3. The minimum Gasteiger partial charge on any atom is -0.384 e. The molecular weight excluding hydrogens is 328 g/mol. The van der Waals surface area contributed by atoms with Crippen LogP contribution in [-0.4, -0.2) is 34.4 Å². The number of aliphatic hydroxyl groups is 1. The van der Waals surface area contributed by atoms with Crippen LogP contribution in [0.4, 0.5) is 5.95 Å². The van der Waals surface area contributed by atoms with Crippen molar-refractivity contribution in [1.29, 1.82) is 5.26 Å². The molecule has 1 N–H and O–H groups in total. The lowest BCUT2D eigenvalue weighted by Crippen LogP contribution is -2.37. The first-order chi connectivity index (χ1) is 12.7. The van der Waals surface area contributed by atoms with Gasteiger partial charge in [-0.2, -0.15) is 5.26 Å². The van der Waals surface area contributed by atoms with E-state index in [0.717, 1.165) is 31.5 Å². The Morgan fingerprint density at radius 1 is 1.15 bits per heavy atom. The van der Waals surface area contributed by atoms with E-state index < -0.39 is 0 Å². The highest BCUT2D eigenvalue weighted by atomic mass is 16.2. The van der Waals surface area contributed by atoms with E-state index in [1.165, 1.54) is 12.6 Å². The van der Waals surface area contributed by atoms with E-state index in [-0.39, 0.29) is 24.3 Å². The van der Waals surface area contributed by atoms with Gasteiger partial charge in [0, 0.05) is 13.1 Å². The first kappa shape index (κ1) is 17.7. The van der Waals surface area contributed by atoms with Gasteiger partial charge < -0.3 is 10.0 Å². The highest BCUT2D eigenvalue weighted by molar-refractivity contribution is 5.41. The quantitative estimate of drug-likeness (QED) is 0.850. The van der Waals surface area contributed by atoms with Gasteiger partial charge in [-0.15, -0.1) is 0 Å². The van der Waals surface area contributed by atoms with Crippen molar-refractivity contribution in [3.8, 4) is 17.9 Å². The van der Waals surface area contributed by atoms with Gasteiger partial charge in [-0.1, -0.05) is 30.0 Å². The first-order valence-corrected chi connectivity index (χ1v) is 8.67. The van der Waals surface area contributed by atoms with Gasteiger partial charge in [0.25, 0.3) is 5.56 Å². The molecular formula is C20H20N4O2. The van der Waals surface area contributed by atoms with Crippen LogP contribution in [0.3, 0.4) is 0 Å². The molecule has 1 aromatic carbocycles. The van der Waals surface area contributed by atoms with Gasteiger partial charge in [0.1, 0.15) is 12.2 Å². The van der Waals surface area contributed by atoms with Crippen molar-refractivity contribution < 1.29 is 5.11 Å². The maximum Gasteiger partial charge on any atom is 0.270 e. The van der Waals surface area contributed by atoms with Gasteiger partial charge >= 0.3 is 0 Å². The second kappa shape index (κ2) is 8.33. The molecule has 1 aliphatic rings. The van der Waals surface area contributed by atoms with E-state index in [1.807, 2.05) is 12.1 Å². The molecule has 0 radical (unpaired) electrons. The van der Waals surface area contributed by atoms with Gasteiger partial charge in [0.15, 0.2) is 0 Å². The summed E-state index contributed by atoms with van der Waals surface area (Å²) < 4.78 is 1.59. The molecule has 3 rings (SSSR count). The van der Waals surface area contributed by atoms with E-state index in [2.05, 4.69) is 27.8 Å². The van der Waals surface area contributed by atoms with Gasteiger partial charge in [0.2, 0.25) is 5.95 Å². The molecule has 0 bridgehead atoms. The van der Waals surface area contributed by atoms with Crippen molar-refractivity contribution in [1.82, 2.24) is 9.55 Å². The summed E-state index contributed by atoms with van der Waals surface area (Å²) in [6, 6.07) is 9.41. The number of aromatic nitrogens is 2. The summed E-state index contributed by atoms with van der Waals surface area (Å²) in [6.45, 7) is 1.66. The van der Waals surface area contributed by atoms with Crippen molar-refractivity contribution in [2.75, 3.05) is 24.6 Å². The van der Waals surface area contributed by atoms with Crippen molar-refractivity contribution in [3.63, 3.8) is 0 Å². The Bertz CT molecular complexity index is 941. The predicted octanol–water partition coefficient (Wildman–Crippen LogP) is 1.50. The van der Waals surface area contributed by atoms with Gasteiger partial charge in [-0.3, -0.25) is 9.36 Å². The molecule has 1 aromatic heterocycles. The Morgan fingerprint density at radius 2 is 1.92 bits per heavy atom. The molecule has 6 heteroatoms. The molecule has 1 fully saturated rings. The summed E-state index contributed by atoms with van der Waals surface area (Å²) >= 11 is 0. The normalized spacial score (nSPS) is 13.6. The van der Waals surface area contributed by atoms with E-state index in [4.69, 9.17) is 5.11 Å². The van der Waals surface area contributed by atoms with E-state index in [9.17, 15) is 10.1 Å². The van der Waals surface area contributed by atoms with Crippen LogP contribution >= 0.6 is 0 Å². The molecule has 0 aliphatic carbocycles. The van der Waals surface area contributed by atoms with Crippen LogP contribution in [0, 0.1) is 23.2 Å². The molecule has 2 aromatic rings. The number of hydrogen-bond donors (Lipinski definition) is 1. The number of aliphatic hydroxyl groups excluding tert-OH is 1. The van der Waals surface area contributed by atoms with Gasteiger partial charge in [-0.05, 0) is 30.9 Å². The molecule has 1 aliphatic heterocycles. The summed E-state index contributed by atoms with van der Waals surface area (Å²) in [5.41, 5.74) is 1.30. The molecule has 0 atom stereocenters. The molecule has 0 amide bonds. The van der Waals surface area contributed by atoms with Crippen molar-refractivity contribution >= 4 is 5.95 Å². The molecule has 132 valence electrons. The Kier molecular flexibility index (Phi) is 5.68. The average molecular weight is 348 g/mol. The minimum atomic E-state index is -0.315. The monoisotopic (exact) mass is 348 g/mol. The second-order valence-corrected chi connectivity index (χ2v) is 6.14. The van der Waals surface area contributed by atoms with Gasteiger partial charge in [0.05, 0.1) is 24.4 Å². The Morgan fingerprint density at radius 3 is 2.65 bits per heavy atom. The highest BCUT2D eigenvalue weighted by Gasteiger charge is 2.19. The summed E-state index contributed by atoms with van der Waals surface area (Å²) in [7, 11) is 0. The molecule has 6 nitrogen and oxygen atoms in total. The number of anilines is 1. The van der Waals surface area contributed by atoms with Crippen molar-refractivity contribution in [3.05, 3.63) is 57.5 Å². The lowest BCUT2D eigenvalue weighted by molar-refractivity contribution is 0.350. The third kappa shape index (κ3) is 3.77. The number of nitrogens with zero attached hydrogens (tertiary/aromatic N) is 4. The lowest BCUT2D eigenvalue weighted by Gasteiger charge is -2.29. The topological polar surface area (TPSA) is 82.2 Å². The number of benzene rings is 1. The summed E-state index contributed by atoms with van der Waals surface area (Å²) in [6.07, 6.45) is 4.78. The van der Waals surface area contributed by atoms with Crippen molar-refractivity contribution in [2.24, 2.45) is 0 Å². The fraction of sp³-hybridized carbons (Fsp3) is 0.350. The van der Waals surface area contributed by atoms with Crippen LogP contribution in [0.5, 0.6) is 0 Å². The molecule has 2 heterocycles. The highest BCUT2D eigenvalue weighted by Crippen LogP contribution is 2.18. The second-order valence-electron chi connectivity index (χ2n) is 6.14. The molecule has 0 unspecified atom stereocenters. The summed E-state index contributed by atoms with van der Waals surface area (Å²) in [4.78, 5) is 19.6. The summed E-state index contributed by atoms with van der Waals surface area (Å²) in [5, 5.41) is 18.2. The lowest BCUT2D eigenvalue weighted by atomic mass is 10.1. The third-order valence-corrected chi connectivity index (χ3v) is 4.43.